The van der Waals surface area contributed by atoms with E-state index in [-0.39, 0.29) is 5.91 Å². The molecule has 0 aliphatic carbocycles. The van der Waals surface area contributed by atoms with Gasteiger partial charge in [-0.3, -0.25) is 14.9 Å². The molecule has 0 atom stereocenters. The number of fused-ring (bicyclic) bond motifs is 2. The van der Waals surface area contributed by atoms with Gasteiger partial charge in [0.25, 0.3) is 0 Å². The molecule has 6 rings (SSSR count). The highest BCUT2D eigenvalue weighted by atomic mass is 16.2. The predicted molar refractivity (Wildman–Crippen MR) is 150 cm³/mol. The lowest BCUT2D eigenvalue weighted by Gasteiger charge is -2.33. The zero-order valence-electron chi connectivity index (χ0n) is 22.0. The molecule has 3 N–H and O–H groups in total. The maximum atomic E-state index is 12.5. The van der Waals surface area contributed by atoms with Crippen molar-refractivity contribution in [3.05, 3.63) is 48.9 Å². The van der Waals surface area contributed by atoms with Crippen molar-refractivity contribution in [2.24, 2.45) is 5.41 Å². The Kier molecular flexibility index (Phi) is 5.83. The van der Waals surface area contributed by atoms with E-state index in [2.05, 4.69) is 48.4 Å². The summed E-state index contributed by atoms with van der Waals surface area (Å²) in [5.41, 5.74) is 5.92. The normalized spacial score (nSPS) is 14.9. The summed E-state index contributed by atoms with van der Waals surface area (Å²) in [6, 6.07) is 9.90. The molecule has 6 heterocycles. The first-order chi connectivity index (χ1) is 18.3. The van der Waals surface area contributed by atoms with E-state index in [1.54, 1.807) is 12.4 Å². The van der Waals surface area contributed by atoms with Gasteiger partial charge in [-0.05, 0) is 37.4 Å². The maximum absolute atomic E-state index is 12.5. The molecular formula is C28H31N9O. The van der Waals surface area contributed by atoms with Crippen molar-refractivity contribution < 1.29 is 4.79 Å². The van der Waals surface area contributed by atoms with Crippen LogP contribution in [0.15, 0.2) is 48.9 Å². The number of aromatic amines is 2. The van der Waals surface area contributed by atoms with Gasteiger partial charge in [0.15, 0.2) is 0 Å². The Labute approximate surface area is 220 Å². The van der Waals surface area contributed by atoms with E-state index in [1.165, 1.54) is 0 Å². The van der Waals surface area contributed by atoms with Crippen molar-refractivity contribution in [2.45, 2.75) is 20.8 Å². The van der Waals surface area contributed by atoms with Gasteiger partial charge < -0.3 is 20.1 Å². The predicted octanol–water partition coefficient (Wildman–Crippen LogP) is 4.30. The van der Waals surface area contributed by atoms with Gasteiger partial charge in [-0.25, -0.2) is 9.97 Å². The molecule has 0 aromatic carbocycles. The average Bonchev–Trinajstić information content (AvgIpc) is 3.52. The van der Waals surface area contributed by atoms with E-state index in [1.807, 2.05) is 51.2 Å². The van der Waals surface area contributed by atoms with Crippen LogP contribution in [0, 0.1) is 5.41 Å². The number of carbonyl (C=O) groups is 1. The number of H-pyrrole nitrogens is 2. The van der Waals surface area contributed by atoms with Gasteiger partial charge >= 0.3 is 0 Å². The summed E-state index contributed by atoms with van der Waals surface area (Å²) in [6.07, 6.45) is 5.25. The number of hydrogen-bond acceptors (Lipinski definition) is 7. The number of rotatable bonds is 4. The van der Waals surface area contributed by atoms with Gasteiger partial charge in [0.2, 0.25) is 5.91 Å². The highest BCUT2D eigenvalue weighted by molar-refractivity contribution is 5.98. The maximum Gasteiger partial charge on any atom is 0.229 e. The molecule has 38 heavy (non-hydrogen) atoms. The quantitative estimate of drug-likeness (QED) is 0.330. The largest absolute Gasteiger partial charge is 0.353 e. The number of carbonyl (C=O) groups excluding carboxylic acids is 1. The SMILES string of the molecule is CN1CCN(c2nccc3[nH]c(-c4n[nH]c5ccc(-c6cncc(NC(=O)C(C)(C)C)c6)nc45)cc23)CC1. The van der Waals surface area contributed by atoms with E-state index in [4.69, 9.17) is 9.97 Å². The Morgan fingerprint density at radius 1 is 1.03 bits per heavy atom. The summed E-state index contributed by atoms with van der Waals surface area (Å²) in [5, 5.41) is 11.7. The van der Waals surface area contributed by atoms with Crippen molar-refractivity contribution in [1.82, 2.24) is 35.0 Å². The fraction of sp³-hybridized carbons (Fsp3) is 0.321. The Balaban J connectivity index is 1.35. The van der Waals surface area contributed by atoms with Crippen LogP contribution in [0.4, 0.5) is 11.5 Å². The minimum Gasteiger partial charge on any atom is -0.353 e. The molecule has 1 aliphatic heterocycles. The zero-order valence-corrected chi connectivity index (χ0v) is 22.0. The number of likely N-dealkylation sites (N-methyl/N-ethyl adjacent to an activating group) is 1. The van der Waals surface area contributed by atoms with Gasteiger partial charge in [-0.1, -0.05) is 20.8 Å². The highest BCUT2D eigenvalue weighted by Gasteiger charge is 2.22. The number of anilines is 2. The Bertz CT molecular complexity index is 1640. The molecule has 5 aromatic heterocycles. The number of piperazine rings is 1. The molecule has 1 amide bonds. The van der Waals surface area contributed by atoms with Gasteiger partial charge in [-0.2, -0.15) is 5.10 Å². The minimum atomic E-state index is -0.502. The van der Waals surface area contributed by atoms with Crippen molar-refractivity contribution >= 4 is 39.3 Å². The number of aromatic nitrogens is 6. The van der Waals surface area contributed by atoms with Crippen molar-refractivity contribution in [3.63, 3.8) is 0 Å². The Morgan fingerprint density at radius 2 is 1.84 bits per heavy atom. The van der Waals surface area contributed by atoms with Gasteiger partial charge in [0, 0.05) is 54.9 Å². The number of amides is 1. The van der Waals surface area contributed by atoms with Crippen molar-refractivity contribution in [3.8, 4) is 22.6 Å². The first kappa shape index (κ1) is 24.1. The third-order valence-electron chi connectivity index (χ3n) is 6.97. The molecule has 0 bridgehead atoms. The van der Waals surface area contributed by atoms with Crippen LogP contribution in [0.1, 0.15) is 20.8 Å². The van der Waals surface area contributed by atoms with Crippen LogP contribution in [0.3, 0.4) is 0 Å². The highest BCUT2D eigenvalue weighted by Crippen LogP contribution is 2.33. The van der Waals surface area contributed by atoms with Crippen molar-refractivity contribution in [1.29, 1.82) is 0 Å². The second kappa shape index (κ2) is 9.21. The van der Waals surface area contributed by atoms with Crippen LogP contribution < -0.4 is 10.2 Å². The first-order valence-corrected chi connectivity index (χ1v) is 12.8. The van der Waals surface area contributed by atoms with Crippen molar-refractivity contribution in [2.75, 3.05) is 43.4 Å². The summed E-state index contributed by atoms with van der Waals surface area (Å²) in [6.45, 7) is 9.56. The molecule has 0 unspecified atom stereocenters. The lowest BCUT2D eigenvalue weighted by atomic mass is 9.95. The van der Waals surface area contributed by atoms with E-state index < -0.39 is 5.41 Å². The molecule has 1 saturated heterocycles. The van der Waals surface area contributed by atoms with Crippen LogP contribution in [0.25, 0.3) is 44.6 Å². The van der Waals surface area contributed by atoms with Gasteiger partial charge in [-0.15, -0.1) is 0 Å². The lowest BCUT2D eigenvalue weighted by Crippen LogP contribution is -2.44. The third-order valence-corrected chi connectivity index (χ3v) is 6.97. The second-order valence-electron chi connectivity index (χ2n) is 10.9. The van der Waals surface area contributed by atoms with Crippen LogP contribution in [0.2, 0.25) is 0 Å². The first-order valence-electron chi connectivity index (χ1n) is 12.8. The van der Waals surface area contributed by atoms with E-state index >= 15 is 0 Å². The van der Waals surface area contributed by atoms with Gasteiger partial charge in [0.05, 0.1) is 34.3 Å². The molecule has 1 fully saturated rings. The minimum absolute atomic E-state index is 0.0683. The second-order valence-corrected chi connectivity index (χ2v) is 10.9. The smallest absolute Gasteiger partial charge is 0.229 e. The number of hydrogen-bond donors (Lipinski definition) is 3. The summed E-state index contributed by atoms with van der Waals surface area (Å²) < 4.78 is 0. The summed E-state index contributed by atoms with van der Waals surface area (Å²) in [5.74, 6) is 0.924. The van der Waals surface area contributed by atoms with E-state index in [0.29, 0.717) is 5.69 Å². The zero-order chi connectivity index (χ0) is 26.4. The molecule has 10 heteroatoms. The molecule has 0 spiro atoms. The Hall–Kier alpha value is -4.31. The molecule has 194 valence electrons. The number of nitrogens with one attached hydrogen (secondary N) is 3. The van der Waals surface area contributed by atoms with Crippen LogP contribution in [-0.4, -0.2) is 74.2 Å². The molecule has 1 aliphatic rings. The van der Waals surface area contributed by atoms with E-state index in [9.17, 15) is 4.79 Å². The summed E-state index contributed by atoms with van der Waals surface area (Å²) >= 11 is 0. The summed E-state index contributed by atoms with van der Waals surface area (Å²) in [7, 11) is 2.15. The average molecular weight is 510 g/mol. The molecule has 0 radical (unpaired) electrons. The topological polar surface area (TPSA) is 119 Å². The van der Waals surface area contributed by atoms with Crippen LogP contribution in [-0.2, 0) is 4.79 Å². The van der Waals surface area contributed by atoms with Gasteiger partial charge in [0.1, 0.15) is 17.0 Å². The lowest BCUT2D eigenvalue weighted by molar-refractivity contribution is -0.123. The summed E-state index contributed by atoms with van der Waals surface area (Å²) in [4.78, 5) is 34.7. The molecule has 0 saturated carbocycles. The standard InChI is InChI=1S/C28H31N9O/c1-28(2,3)27(38)31-18-13-17(15-29-16-18)20-5-6-22-24(33-20)25(35-34-22)23-14-19-21(32-23)7-8-30-26(19)37-11-9-36(4)10-12-37/h5-8,13-16,32H,9-12H2,1-4H3,(H,31,38)(H,34,35). The molecular weight excluding hydrogens is 478 g/mol. The number of pyridine rings is 3. The van der Waals surface area contributed by atoms with Crippen LogP contribution in [0.5, 0.6) is 0 Å². The Morgan fingerprint density at radius 3 is 2.63 bits per heavy atom. The molecule has 5 aromatic rings. The van der Waals surface area contributed by atoms with Crippen LogP contribution >= 0.6 is 0 Å². The monoisotopic (exact) mass is 509 g/mol. The fourth-order valence-electron chi connectivity index (χ4n) is 4.65. The number of nitrogens with zero attached hydrogens (tertiary/aromatic N) is 6. The molecule has 10 nitrogen and oxygen atoms in total. The fourth-order valence-corrected chi connectivity index (χ4v) is 4.65. The third kappa shape index (κ3) is 4.47. The van der Waals surface area contributed by atoms with E-state index in [0.717, 1.165) is 76.6 Å².